The Balaban J connectivity index is 1.36. The molecule has 6 heteroatoms. The predicted molar refractivity (Wildman–Crippen MR) is 117 cm³/mol. The molecule has 1 saturated heterocycles. The Kier molecular flexibility index (Phi) is 8.33. The number of halogens is 1. The monoisotopic (exact) mass is 418 g/mol. The molecule has 0 bridgehead atoms. The molecule has 1 heterocycles. The molecule has 158 valence electrons. The molecule has 1 aliphatic rings. The van der Waals surface area contributed by atoms with Crippen molar-refractivity contribution in [3.63, 3.8) is 0 Å². The normalized spacial score (nSPS) is 18.9. The van der Waals surface area contributed by atoms with Gasteiger partial charge in [0.15, 0.2) is 0 Å². The lowest BCUT2D eigenvalue weighted by Crippen LogP contribution is -2.51. The van der Waals surface area contributed by atoms with Crippen molar-refractivity contribution in [2.24, 2.45) is 0 Å². The Morgan fingerprint density at radius 2 is 1.48 bits per heavy atom. The van der Waals surface area contributed by atoms with Gasteiger partial charge < -0.3 is 14.9 Å². The number of aliphatic hydroxyl groups excluding tert-OH is 2. The predicted octanol–water partition coefficient (Wildman–Crippen LogP) is 2.86. The molecule has 2 N–H and O–H groups in total. The van der Waals surface area contributed by atoms with E-state index in [0.29, 0.717) is 23.9 Å². The van der Waals surface area contributed by atoms with Crippen LogP contribution >= 0.6 is 11.6 Å². The van der Waals surface area contributed by atoms with E-state index >= 15 is 0 Å². The number of hydrogen-bond donors (Lipinski definition) is 2. The molecule has 0 aliphatic carbocycles. The summed E-state index contributed by atoms with van der Waals surface area (Å²) in [6, 6.07) is 17.3. The lowest BCUT2D eigenvalue weighted by molar-refractivity contribution is 0.0297. The number of ether oxygens (including phenoxy) is 1. The van der Waals surface area contributed by atoms with Crippen molar-refractivity contribution >= 4 is 11.6 Å². The highest BCUT2D eigenvalue weighted by molar-refractivity contribution is 6.30. The third-order valence-corrected chi connectivity index (χ3v) is 5.79. The molecular weight excluding hydrogens is 388 g/mol. The highest BCUT2D eigenvalue weighted by Crippen LogP contribution is 2.20. The van der Waals surface area contributed by atoms with E-state index in [-0.39, 0.29) is 18.6 Å². The first kappa shape index (κ1) is 22.1. The third kappa shape index (κ3) is 6.98. The van der Waals surface area contributed by atoms with Gasteiger partial charge >= 0.3 is 0 Å². The smallest absolute Gasteiger partial charge is 0.119 e. The van der Waals surface area contributed by atoms with Crippen molar-refractivity contribution in [3.8, 4) is 5.75 Å². The van der Waals surface area contributed by atoms with Crippen LogP contribution in [-0.4, -0.2) is 78.1 Å². The molecule has 2 aromatic rings. The van der Waals surface area contributed by atoms with Gasteiger partial charge in [-0.1, -0.05) is 48.9 Å². The molecule has 3 rings (SSSR count). The zero-order valence-corrected chi connectivity index (χ0v) is 17.7. The fraction of sp³-hybridized carbons (Fsp3) is 0.478. The summed E-state index contributed by atoms with van der Waals surface area (Å²) >= 11 is 5.86. The molecule has 3 unspecified atom stereocenters. The van der Waals surface area contributed by atoms with Crippen LogP contribution in [0.15, 0.2) is 54.6 Å². The van der Waals surface area contributed by atoms with Crippen molar-refractivity contribution in [2.75, 3.05) is 45.9 Å². The summed E-state index contributed by atoms with van der Waals surface area (Å²) < 4.78 is 5.63. The topological polar surface area (TPSA) is 56.2 Å². The lowest BCUT2D eigenvalue weighted by Gasteiger charge is -2.37. The van der Waals surface area contributed by atoms with Crippen molar-refractivity contribution < 1.29 is 14.9 Å². The molecule has 0 saturated carbocycles. The van der Waals surface area contributed by atoms with Crippen molar-refractivity contribution in [1.82, 2.24) is 9.80 Å². The number of β-amino-alcohol motifs (C(OH)–C–C–N with tert-alkyl or cyclic N) is 2. The van der Waals surface area contributed by atoms with E-state index in [0.717, 1.165) is 26.2 Å². The maximum Gasteiger partial charge on any atom is 0.119 e. The van der Waals surface area contributed by atoms with Crippen LogP contribution in [0.2, 0.25) is 5.02 Å². The van der Waals surface area contributed by atoms with E-state index < -0.39 is 6.10 Å². The molecule has 0 amide bonds. The number of rotatable bonds is 9. The Morgan fingerprint density at radius 3 is 2.10 bits per heavy atom. The van der Waals surface area contributed by atoms with Crippen LogP contribution in [0, 0.1) is 0 Å². The number of piperazine rings is 1. The van der Waals surface area contributed by atoms with Gasteiger partial charge in [-0.05, 0) is 29.8 Å². The van der Waals surface area contributed by atoms with Crippen molar-refractivity contribution in [3.05, 3.63) is 65.2 Å². The first-order chi connectivity index (χ1) is 14.0. The zero-order valence-electron chi connectivity index (χ0n) is 17.0. The SMILES string of the molecule is CC(c1ccccc1)C(O)CN1CCN(CC(O)COc2ccc(Cl)cc2)CC1. The molecular formula is C23H31ClN2O3. The quantitative estimate of drug-likeness (QED) is 0.655. The standard InChI is InChI=1S/C23H31ClN2O3/c1-18(19-5-3-2-4-6-19)23(28)16-26-13-11-25(12-14-26)15-21(27)17-29-22-9-7-20(24)8-10-22/h2-10,18,21,23,27-28H,11-17H2,1H3. The van der Waals surface area contributed by atoms with Crippen molar-refractivity contribution in [2.45, 2.75) is 25.0 Å². The fourth-order valence-corrected chi connectivity index (χ4v) is 3.76. The summed E-state index contributed by atoms with van der Waals surface area (Å²) in [5.41, 5.74) is 1.17. The highest BCUT2D eigenvalue weighted by Gasteiger charge is 2.24. The van der Waals surface area contributed by atoms with Crippen LogP contribution in [0.4, 0.5) is 0 Å². The van der Waals surface area contributed by atoms with Crippen LogP contribution in [0.5, 0.6) is 5.75 Å². The van der Waals surface area contributed by atoms with Gasteiger partial charge in [-0.15, -0.1) is 0 Å². The largest absolute Gasteiger partial charge is 0.491 e. The van der Waals surface area contributed by atoms with Gasteiger partial charge in [0.1, 0.15) is 18.5 Å². The second-order valence-corrected chi connectivity index (χ2v) is 8.22. The third-order valence-electron chi connectivity index (χ3n) is 5.54. The number of aliphatic hydroxyl groups is 2. The zero-order chi connectivity index (χ0) is 20.6. The molecule has 1 fully saturated rings. The molecule has 0 spiro atoms. The lowest BCUT2D eigenvalue weighted by atomic mass is 9.95. The average molecular weight is 419 g/mol. The van der Waals surface area contributed by atoms with E-state index in [1.54, 1.807) is 24.3 Å². The molecule has 0 aromatic heterocycles. The fourth-order valence-electron chi connectivity index (χ4n) is 3.63. The van der Waals surface area contributed by atoms with E-state index in [2.05, 4.69) is 28.9 Å². The summed E-state index contributed by atoms with van der Waals surface area (Å²) in [6.07, 6.45) is -0.928. The van der Waals surface area contributed by atoms with Crippen LogP contribution in [-0.2, 0) is 0 Å². The van der Waals surface area contributed by atoms with Crippen molar-refractivity contribution in [1.29, 1.82) is 0 Å². The number of hydrogen-bond acceptors (Lipinski definition) is 5. The Hall–Kier alpha value is -1.63. The second kappa shape index (κ2) is 11.0. The van der Waals surface area contributed by atoms with E-state index in [4.69, 9.17) is 16.3 Å². The minimum Gasteiger partial charge on any atom is -0.491 e. The van der Waals surface area contributed by atoms with E-state index in [9.17, 15) is 10.2 Å². The van der Waals surface area contributed by atoms with Gasteiger partial charge in [-0.3, -0.25) is 9.80 Å². The first-order valence-electron chi connectivity index (χ1n) is 10.3. The summed E-state index contributed by atoms with van der Waals surface area (Å²) in [6.45, 7) is 7.14. The summed E-state index contributed by atoms with van der Waals surface area (Å²) in [5, 5.41) is 21.6. The summed E-state index contributed by atoms with van der Waals surface area (Å²) in [7, 11) is 0. The first-order valence-corrected chi connectivity index (χ1v) is 10.6. The molecule has 3 atom stereocenters. The van der Waals surface area contributed by atoms with Gasteiger partial charge in [0.25, 0.3) is 0 Å². The Labute approximate surface area is 178 Å². The van der Waals surface area contributed by atoms with E-state index in [1.165, 1.54) is 5.56 Å². The number of nitrogens with zero attached hydrogens (tertiary/aromatic N) is 2. The molecule has 5 nitrogen and oxygen atoms in total. The molecule has 2 aromatic carbocycles. The molecule has 0 radical (unpaired) electrons. The Morgan fingerprint density at radius 1 is 0.897 bits per heavy atom. The van der Waals surface area contributed by atoms with Gasteiger partial charge in [0.2, 0.25) is 0 Å². The van der Waals surface area contributed by atoms with Gasteiger partial charge in [0.05, 0.1) is 6.10 Å². The summed E-state index contributed by atoms with van der Waals surface area (Å²) in [5.74, 6) is 0.820. The van der Waals surface area contributed by atoms with Gasteiger partial charge in [-0.25, -0.2) is 0 Å². The minimum atomic E-state index is -0.541. The maximum absolute atomic E-state index is 10.6. The molecule has 1 aliphatic heterocycles. The summed E-state index contributed by atoms with van der Waals surface area (Å²) in [4.78, 5) is 4.55. The highest BCUT2D eigenvalue weighted by atomic mass is 35.5. The van der Waals surface area contributed by atoms with Gasteiger partial charge in [-0.2, -0.15) is 0 Å². The van der Waals surface area contributed by atoms with Crippen LogP contribution in [0.25, 0.3) is 0 Å². The second-order valence-electron chi connectivity index (χ2n) is 7.79. The van der Waals surface area contributed by atoms with Crippen LogP contribution in [0.3, 0.4) is 0 Å². The number of benzene rings is 2. The maximum atomic E-state index is 10.6. The van der Waals surface area contributed by atoms with E-state index in [1.807, 2.05) is 18.2 Å². The van der Waals surface area contributed by atoms with Gasteiger partial charge in [0, 0.05) is 50.2 Å². The van der Waals surface area contributed by atoms with Crippen LogP contribution < -0.4 is 4.74 Å². The average Bonchev–Trinajstić information content (AvgIpc) is 2.75. The minimum absolute atomic E-state index is 0.112. The van der Waals surface area contributed by atoms with Crippen LogP contribution in [0.1, 0.15) is 18.4 Å². The molecule has 29 heavy (non-hydrogen) atoms. The Bertz CT molecular complexity index is 721.